The van der Waals surface area contributed by atoms with E-state index in [1.807, 2.05) is 26.8 Å². The number of aliphatic hydroxyl groups is 1. The number of hydrogen-bond donors (Lipinski definition) is 1. The van der Waals surface area contributed by atoms with Crippen molar-refractivity contribution in [1.29, 1.82) is 0 Å². The quantitative estimate of drug-likeness (QED) is 0.637. The zero-order valence-electron chi connectivity index (χ0n) is 17.6. The Morgan fingerprint density at radius 3 is 2.40 bits per heavy atom. The fraction of sp³-hybridized carbons (Fsp3) is 0.333. The summed E-state index contributed by atoms with van der Waals surface area (Å²) in [5, 5.41) is 20.7. The first-order valence-electron chi connectivity index (χ1n) is 9.69. The van der Waals surface area contributed by atoms with Crippen LogP contribution in [0.5, 0.6) is 5.75 Å². The molecule has 2 rings (SSSR count). The van der Waals surface area contributed by atoms with Crippen LogP contribution in [0.15, 0.2) is 36.4 Å². The van der Waals surface area contributed by atoms with E-state index in [4.69, 9.17) is 4.74 Å². The van der Waals surface area contributed by atoms with Crippen molar-refractivity contribution in [2.75, 3.05) is 7.11 Å². The topological polar surface area (TPSA) is 86.7 Å². The highest BCUT2D eigenvalue weighted by Crippen LogP contribution is 2.41. The maximum atomic E-state index is 13.5. The van der Waals surface area contributed by atoms with Crippen molar-refractivity contribution < 1.29 is 28.9 Å². The number of aliphatic carboxylic acids is 1. The SMILES string of the molecule is COc1c(C)cc(C(C)C)c(/C=C/C(O)CC(=O)CC(=O)[O-])c1-c1ccc(F)cc1. The van der Waals surface area contributed by atoms with Gasteiger partial charge in [0.05, 0.1) is 13.2 Å². The first-order chi connectivity index (χ1) is 14.1. The Hall–Kier alpha value is -2.99. The molecule has 0 fully saturated rings. The van der Waals surface area contributed by atoms with Gasteiger partial charge in [0, 0.05) is 24.4 Å². The minimum atomic E-state index is -1.47. The molecule has 1 atom stereocenters. The predicted octanol–water partition coefficient (Wildman–Crippen LogP) is 3.41. The van der Waals surface area contributed by atoms with Crippen LogP contribution in [-0.4, -0.2) is 30.1 Å². The van der Waals surface area contributed by atoms with Gasteiger partial charge in [-0.3, -0.25) is 4.79 Å². The summed E-state index contributed by atoms with van der Waals surface area (Å²) in [5.41, 5.74) is 4.21. The highest BCUT2D eigenvalue weighted by Gasteiger charge is 2.19. The number of carboxylic acid groups (broad SMARTS) is 1. The Balaban J connectivity index is 2.56. The van der Waals surface area contributed by atoms with Crippen LogP contribution in [0.2, 0.25) is 0 Å². The van der Waals surface area contributed by atoms with Gasteiger partial charge in [0.25, 0.3) is 0 Å². The number of carbonyl (C=O) groups excluding carboxylic acids is 2. The second-order valence-corrected chi connectivity index (χ2v) is 7.48. The number of rotatable bonds is 9. The Bertz CT molecular complexity index is 945. The van der Waals surface area contributed by atoms with E-state index >= 15 is 0 Å². The van der Waals surface area contributed by atoms with Crippen molar-refractivity contribution in [2.45, 2.75) is 45.6 Å². The molecule has 0 radical (unpaired) electrons. The lowest BCUT2D eigenvalue weighted by molar-refractivity contribution is -0.304. The van der Waals surface area contributed by atoms with Crippen LogP contribution >= 0.6 is 0 Å². The fourth-order valence-corrected chi connectivity index (χ4v) is 3.41. The molecule has 0 aliphatic carbocycles. The van der Waals surface area contributed by atoms with Crippen molar-refractivity contribution in [3.63, 3.8) is 0 Å². The monoisotopic (exact) mass is 413 g/mol. The number of aryl methyl sites for hydroxylation is 1. The number of benzene rings is 2. The highest BCUT2D eigenvalue weighted by atomic mass is 19.1. The summed E-state index contributed by atoms with van der Waals surface area (Å²) in [7, 11) is 1.56. The average Bonchev–Trinajstić information content (AvgIpc) is 2.66. The third kappa shape index (κ3) is 5.76. The lowest BCUT2D eigenvalue weighted by Gasteiger charge is -2.21. The van der Waals surface area contributed by atoms with Crippen LogP contribution in [-0.2, 0) is 9.59 Å². The number of hydrogen-bond acceptors (Lipinski definition) is 5. The number of halogens is 1. The van der Waals surface area contributed by atoms with Gasteiger partial charge in [0.15, 0.2) is 0 Å². The van der Waals surface area contributed by atoms with Crippen LogP contribution in [0.4, 0.5) is 4.39 Å². The summed E-state index contributed by atoms with van der Waals surface area (Å²) >= 11 is 0. The third-order valence-corrected chi connectivity index (χ3v) is 4.76. The Morgan fingerprint density at radius 2 is 1.87 bits per heavy atom. The summed E-state index contributed by atoms with van der Waals surface area (Å²) in [6.07, 6.45) is 0.950. The molecule has 0 heterocycles. The zero-order valence-corrected chi connectivity index (χ0v) is 17.6. The van der Waals surface area contributed by atoms with Crippen molar-refractivity contribution >= 4 is 17.8 Å². The number of carbonyl (C=O) groups is 2. The van der Waals surface area contributed by atoms with Crippen LogP contribution in [0.1, 0.15) is 49.3 Å². The number of carboxylic acids is 1. The van der Waals surface area contributed by atoms with E-state index in [9.17, 15) is 24.2 Å². The predicted molar refractivity (Wildman–Crippen MR) is 112 cm³/mol. The molecule has 0 aliphatic heterocycles. The third-order valence-electron chi connectivity index (χ3n) is 4.76. The molecule has 30 heavy (non-hydrogen) atoms. The van der Waals surface area contributed by atoms with Gasteiger partial charge in [-0.05, 0) is 47.2 Å². The minimum absolute atomic E-state index is 0.144. The van der Waals surface area contributed by atoms with Gasteiger partial charge in [0.2, 0.25) is 0 Å². The molecule has 0 saturated carbocycles. The van der Waals surface area contributed by atoms with Crippen molar-refractivity contribution in [2.24, 2.45) is 0 Å². The molecule has 0 spiro atoms. The number of ether oxygens (including phenoxy) is 1. The van der Waals surface area contributed by atoms with Gasteiger partial charge in [-0.15, -0.1) is 0 Å². The van der Waals surface area contributed by atoms with E-state index < -0.39 is 24.3 Å². The van der Waals surface area contributed by atoms with Crippen molar-refractivity contribution in [1.82, 2.24) is 0 Å². The molecule has 6 heteroatoms. The second-order valence-electron chi connectivity index (χ2n) is 7.48. The van der Waals surface area contributed by atoms with E-state index in [-0.39, 0.29) is 18.2 Å². The summed E-state index contributed by atoms with van der Waals surface area (Å²) in [6, 6.07) is 8.06. The van der Waals surface area contributed by atoms with E-state index in [0.717, 1.165) is 27.8 Å². The number of methoxy groups -OCH3 is 1. The standard InChI is InChI=1S/C24H27FO5/c1-14(2)21-11-15(3)24(30-4)23(16-5-7-17(25)8-6-16)20(21)10-9-18(26)12-19(27)13-22(28)29/h5-11,14,18,26H,12-13H2,1-4H3,(H,28,29)/p-1/b10-9+. The molecule has 1 unspecified atom stereocenters. The van der Waals surface area contributed by atoms with E-state index in [1.54, 1.807) is 25.3 Å². The Labute approximate surface area is 175 Å². The molecule has 0 bridgehead atoms. The highest BCUT2D eigenvalue weighted by molar-refractivity contribution is 5.94. The van der Waals surface area contributed by atoms with Gasteiger partial charge in [-0.2, -0.15) is 0 Å². The molecule has 5 nitrogen and oxygen atoms in total. The van der Waals surface area contributed by atoms with E-state index in [2.05, 4.69) is 0 Å². The first kappa shape index (κ1) is 23.3. The number of aliphatic hydroxyl groups excluding tert-OH is 1. The summed E-state index contributed by atoms with van der Waals surface area (Å²) < 4.78 is 19.1. The zero-order chi connectivity index (χ0) is 22.4. The maximum Gasteiger partial charge on any atom is 0.141 e. The largest absolute Gasteiger partial charge is 0.550 e. The van der Waals surface area contributed by atoms with E-state index in [1.165, 1.54) is 18.2 Å². The minimum Gasteiger partial charge on any atom is -0.550 e. The number of ketones is 1. The lowest BCUT2D eigenvalue weighted by atomic mass is 9.87. The summed E-state index contributed by atoms with van der Waals surface area (Å²) in [4.78, 5) is 22.2. The van der Waals surface area contributed by atoms with Gasteiger partial charge < -0.3 is 19.7 Å². The summed E-state index contributed by atoms with van der Waals surface area (Å²) in [6.45, 7) is 6.00. The van der Waals surface area contributed by atoms with Gasteiger partial charge in [-0.25, -0.2) is 4.39 Å². The molecule has 0 aromatic heterocycles. The van der Waals surface area contributed by atoms with E-state index in [0.29, 0.717) is 5.75 Å². The smallest absolute Gasteiger partial charge is 0.141 e. The van der Waals surface area contributed by atoms with Gasteiger partial charge >= 0.3 is 0 Å². The van der Waals surface area contributed by atoms with Crippen molar-refractivity contribution in [3.8, 4) is 16.9 Å². The Kier molecular flexibility index (Phi) is 7.89. The Morgan fingerprint density at radius 1 is 1.23 bits per heavy atom. The van der Waals surface area contributed by atoms with Crippen LogP contribution in [0.25, 0.3) is 17.2 Å². The average molecular weight is 413 g/mol. The molecule has 160 valence electrons. The molecule has 2 aromatic rings. The molecule has 0 aliphatic rings. The number of Topliss-reactive ketones (excluding diaryl/α,β-unsaturated/α-hetero) is 1. The fourth-order valence-electron chi connectivity index (χ4n) is 3.41. The van der Waals surface area contributed by atoms with Crippen molar-refractivity contribution in [3.05, 3.63) is 58.9 Å². The summed E-state index contributed by atoms with van der Waals surface area (Å²) in [5.74, 6) is -1.66. The maximum absolute atomic E-state index is 13.5. The molecular weight excluding hydrogens is 387 g/mol. The normalized spacial score (nSPS) is 12.4. The van der Waals surface area contributed by atoms with Gasteiger partial charge in [0.1, 0.15) is 17.3 Å². The van der Waals surface area contributed by atoms with Gasteiger partial charge in [-0.1, -0.05) is 44.2 Å². The van der Waals surface area contributed by atoms with Crippen LogP contribution in [0.3, 0.4) is 0 Å². The second kappa shape index (κ2) is 10.2. The first-order valence-corrected chi connectivity index (χ1v) is 9.69. The molecular formula is C24H26FO5-. The molecule has 0 amide bonds. The molecule has 1 N–H and O–H groups in total. The molecule has 2 aromatic carbocycles. The molecule has 0 saturated heterocycles. The lowest BCUT2D eigenvalue weighted by Crippen LogP contribution is -2.26. The van der Waals surface area contributed by atoms with Crippen LogP contribution < -0.4 is 9.84 Å². The van der Waals surface area contributed by atoms with Crippen LogP contribution in [0, 0.1) is 12.7 Å².